The lowest BCUT2D eigenvalue weighted by molar-refractivity contribution is 1.18. The van der Waals surface area contributed by atoms with Crippen molar-refractivity contribution in [1.29, 1.82) is 0 Å². The van der Waals surface area contributed by atoms with E-state index in [0.29, 0.717) is 0 Å². The Bertz CT molecular complexity index is 9360. The highest BCUT2D eigenvalue weighted by Crippen LogP contribution is 2.50. The standard InChI is InChI=1S/C62H36N4S.C54H30N2S3/c1-5-19-46-37(11-1)23-28-52-57(46)58-47-20-6-2-12-38(47)24-29-53(58)65(52)44-17-9-15-41(33-44)42-27-32-56-50(35-42)61-62(67-56)64-51(36-63-61)43-16-10-18-45(34-43)66-54-30-25-39-13-3-7-21-48(39)59(54)60-49-22-8-4-14-40(49)26-31-55(60)66;1-3-17-38-35(11-1)28-42(52-49(38)40-19-5-7-21-46(40)57-52)33-14-9-13-31(25-33)32-23-24-48-44(27-32)51-54(59-48)56-45(30-55-51)37-16-10-15-34(26-37)43-29-36-12-2-4-18-39(36)50-41-20-6-8-22-47(41)58-53(43)50/h1-36H;1-30H. The van der Waals surface area contributed by atoms with Crippen molar-refractivity contribution in [3.8, 4) is 78.4 Å². The highest BCUT2D eigenvalue weighted by molar-refractivity contribution is 7.27. The van der Waals surface area contributed by atoms with Gasteiger partial charge in [0.2, 0.25) is 0 Å². The van der Waals surface area contributed by atoms with Gasteiger partial charge < -0.3 is 9.13 Å². The Hall–Kier alpha value is -15.4. The van der Waals surface area contributed by atoms with E-state index in [9.17, 15) is 0 Å². The number of benzene rings is 20. The molecule has 0 aliphatic heterocycles. The van der Waals surface area contributed by atoms with Crippen molar-refractivity contribution < 1.29 is 0 Å². The van der Waals surface area contributed by atoms with Gasteiger partial charge >= 0.3 is 0 Å². The average molecular weight is 1670 g/mol. The first-order chi connectivity index (χ1) is 62.4. The van der Waals surface area contributed by atoms with Crippen molar-refractivity contribution in [1.82, 2.24) is 29.1 Å². The van der Waals surface area contributed by atoms with Crippen LogP contribution in [0.15, 0.2) is 401 Å². The molecule has 0 atom stereocenters. The molecule has 6 nitrogen and oxygen atoms in total. The van der Waals surface area contributed by atoms with Crippen molar-refractivity contribution in [3.63, 3.8) is 0 Å². The molecular formula is C116H66N6S4. The fourth-order valence-corrected chi connectivity index (χ4v) is 24.8. The lowest BCUT2D eigenvalue weighted by Gasteiger charge is -2.11. The molecule has 0 aliphatic carbocycles. The first-order valence-electron chi connectivity index (χ1n) is 42.6. The third kappa shape index (κ3) is 11.1. The van der Waals surface area contributed by atoms with Crippen LogP contribution >= 0.6 is 45.3 Å². The number of fused-ring (bicyclic) bond motifs is 30. The molecule has 584 valence electrons. The van der Waals surface area contributed by atoms with Gasteiger partial charge in [0.1, 0.15) is 20.7 Å². The molecule has 28 aromatic rings. The summed E-state index contributed by atoms with van der Waals surface area (Å²) in [6.07, 6.45) is 3.90. The van der Waals surface area contributed by atoms with Crippen LogP contribution in [-0.2, 0) is 0 Å². The molecular weight excluding hydrogens is 1610 g/mol. The molecule has 28 rings (SSSR count). The maximum Gasteiger partial charge on any atom is 0.143 e. The summed E-state index contributed by atoms with van der Waals surface area (Å²) in [5, 5.41) is 27.9. The molecule has 20 aromatic carbocycles. The molecule has 10 heteroatoms. The predicted octanol–water partition coefficient (Wildman–Crippen LogP) is 33.5. The first-order valence-corrected chi connectivity index (χ1v) is 45.9. The van der Waals surface area contributed by atoms with Gasteiger partial charge in [-0.2, -0.15) is 0 Å². The van der Waals surface area contributed by atoms with Crippen LogP contribution in [0.25, 0.3) is 268 Å². The average Bonchev–Trinajstić information content (AvgIpc) is 1.56. The zero-order chi connectivity index (χ0) is 82.3. The van der Waals surface area contributed by atoms with Gasteiger partial charge in [-0.15, -0.1) is 45.3 Å². The van der Waals surface area contributed by atoms with Gasteiger partial charge in [-0.05, 0) is 207 Å². The van der Waals surface area contributed by atoms with Gasteiger partial charge in [-0.25, -0.2) is 9.97 Å². The van der Waals surface area contributed by atoms with E-state index in [1.807, 2.05) is 35.1 Å². The Morgan fingerprint density at radius 1 is 0.198 bits per heavy atom. The molecule has 8 heterocycles. The Morgan fingerprint density at radius 3 is 0.929 bits per heavy atom. The van der Waals surface area contributed by atoms with E-state index in [-0.39, 0.29) is 0 Å². The second-order valence-corrected chi connectivity index (χ2v) is 37.2. The summed E-state index contributed by atoms with van der Waals surface area (Å²) in [5.41, 5.74) is 22.3. The van der Waals surface area contributed by atoms with Gasteiger partial charge in [0.25, 0.3) is 0 Å². The molecule has 126 heavy (non-hydrogen) atoms. The Labute approximate surface area is 736 Å². The largest absolute Gasteiger partial charge is 0.309 e. The monoisotopic (exact) mass is 1670 g/mol. The second kappa shape index (κ2) is 28.1. The Kier molecular flexibility index (Phi) is 15.9. The minimum absolute atomic E-state index is 0.859. The number of thiophene rings is 4. The van der Waals surface area contributed by atoms with E-state index in [0.717, 1.165) is 76.5 Å². The summed E-state index contributed by atoms with van der Waals surface area (Å²) in [6.45, 7) is 0. The van der Waals surface area contributed by atoms with E-state index < -0.39 is 0 Å². The van der Waals surface area contributed by atoms with Crippen LogP contribution in [0, 0.1) is 0 Å². The lowest BCUT2D eigenvalue weighted by atomic mass is 9.94. The number of aromatic nitrogens is 6. The lowest BCUT2D eigenvalue weighted by Crippen LogP contribution is -1.95. The minimum Gasteiger partial charge on any atom is -0.309 e. The summed E-state index contributed by atoms with van der Waals surface area (Å²) in [7, 11) is 0. The van der Waals surface area contributed by atoms with E-state index in [4.69, 9.17) is 19.9 Å². The second-order valence-electron chi connectivity index (χ2n) is 33.0. The van der Waals surface area contributed by atoms with Crippen molar-refractivity contribution in [2.75, 3.05) is 0 Å². The predicted molar refractivity (Wildman–Crippen MR) is 542 cm³/mol. The zero-order valence-corrected chi connectivity index (χ0v) is 70.7. The molecule has 0 saturated heterocycles. The van der Waals surface area contributed by atoms with E-state index in [1.54, 1.807) is 22.7 Å². The highest BCUT2D eigenvalue weighted by Gasteiger charge is 2.25. The van der Waals surface area contributed by atoms with Gasteiger partial charge in [0, 0.05) is 116 Å². The fourth-order valence-electron chi connectivity index (χ4n) is 20.3. The van der Waals surface area contributed by atoms with E-state index >= 15 is 0 Å². The number of rotatable bonds is 8. The molecule has 0 N–H and O–H groups in total. The van der Waals surface area contributed by atoms with Crippen molar-refractivity contribution in [2.24, 2.45) is 0 Å². The van der Waals surface area contributed by atoms with E-state index in [1.165, 1.54) is 191 Å². The minimum atomic E-state index is 0.859. The molecule has 0 fully saturated rings. The van der Waals surface area contributed by atoms with Gasteiger partial charge in [-0.1, -0.05) is 279 Å². The summed E-state index contributed by atoms with van der Waals surface area (Å²) in [4.78, 5) is 22.7. The molecule has 8 aromatic heterocycles. The summed E-state index contributed by atoms with van der Waals surface area (Å²) >= 11 is 7.19. The molecule has 0 bridgehead atoms. The number of hydrogen-bond acceptors (Lipinski definition) is 8. The third-order valence-electron chi connectivity index (χ3n) is 26.0. The normalized spacial score (nSPS) is 12.1. The van der Waals surface area contributed by atoms with E-state index in [2.05, 4.69) is 397 Å². The van der Waals surface area contributed by atoms with Crippen LogP contribution in [-0.4, -0.2) is 29.1 Å². The first kappa shape index (κ1) is 71.2. The maximum absolute atomic E-state index is 5.31. The Morgan fingerprint density at radius 2 is 0.508 bits per heavy atom. The highest BCUT2D eigenvalue weighted by atomic mass is 32.1. The molecule has 0 spiro atoms. The van der Waals surface area contributed by atoms with Crippen molar-refractivity contribution >= 4 is 235 Å². The van der Waals surface area contributed by atoms with Crippen LogP contribution in [0.2, 0.25) is 0 Å². The smallest absolute Gasteiger partial charge is 0.143 e. The molecule has 0 saturated carbocycles. The summed E-state index contributed by atoms with van der Waals surface area (Å²) < 4.78 is 12.5. The van der Waals surface area contributed by atoms with Crippen molar-refractivity contribution in [2.45, 2.75) is 0 Å². The third-order valence-corrected chi connectivity index (χ3v) is 30.5. The number of nitrogens with zero attached hydrogens (tertiary/aromatic N) is 6. The zero-order valence-electron chi connectivity index (χ0n) is 67.4. The summed E-state index contributed by atoms with van der Waals surface area (Å²) in [6, 6.07) is 142. The van der Waals surface area contributed by atoms with Crippen LogP contribution < -0.4 is 0 Å². The molecule has 0 radical (unpaired) electrons. The van der Waals surface area contributed by atoms with Crippen LogP contribution in [0.3, 0.4) is 0 Å². The van der Waals surface area contributed by atoms with Gasteiger partial charge in [0.05, 0.1) is 45.8 Å². The summed E-state index contributed by atoms with van der Waals surface area (Å²) in [5.74, 6) is 0. The van der Waals surface area contributed by atoms with Crippen LogP contribution in [0.4, 0.5) is 0 Å². The maximum atomic E-state index is 5.31. The van der Waals surface area contributed by atoms with Crippen LogP contribution in [0.5, 0.6) is 0 Å². The van der Waals surface area contributed by atoms with Gasteiger partial charge in [0.15, 0.2) is 0 Å². The quantitative estimate of drug-likeness (QED) is 0.152. The topological polar surface area (TPSA) is 61.4 Å². The van der Waals surface area contributed by atoms with Gasteiger partial charge in [-0.3, -0.25) is 9.97 Å². The Balaban J connectivity index is 0.000000132. The number of hydrogen-bond donors (Lipinski definition) is 0. The van der Waals surface area contributed by atoms with Crippen molar-refractivity contribution in [3.05, 3.63) is 401 Å². The molecule has 0 unspecified atom stereocenters. The SMILES string of the molecule is c1cc(-c2ccc3sc4nc(-c5cccc(-c6cc7ccccc7c7c6sc6ccccc67)c5)cnc4c3c2)cc(-c2cc3ccccc3c3c2sc2ccccc23)c1.c1cc(-c2ccc3sc4nc(-c5cccc(-n6c7ccc8ccccc8c7c7c8ccccc8ccc76)c5)cnc4c3c2)cc(-n2c3ccc4ccccc4c3c3c4ccccc4ccc32)c1. The van der Waals surface area contributed by atoms with Crippen LogP contribution in [0.1, 0.15) is 0 Å². The molecule has 0 amide bonds. The molecule has 0 aliphatic rings. The fraction of sp³-hybridized carbons (Fsp3) is 0.